The first-order valence-corrected chi connectivity index (χ1v) is 10.4. The van der Waals surface area contributed by atoms with Crippen molar-refractivity contribution < 1.29 is 9.59 Å². The molecule has 0 aromatic rings. The van der Waals surface area contributed by atoms with E-state index < -0.39 is 0 Å². The summed E-state index contributed by atoms with van der Waals surface area (Å²) in [6.45, 7) is 10.3. The van der Waals surface area contributed by atoms with Gasteiger partial charge in [-0.25, -0.2) is 0 Å². The van der Waals surface area contributed by atoms with Crippen molar-refractivity contribution in [2.45, 2.75) is 98.8 Å². The van der Waals surface area contributed by atoms with Crippen molar-refractivity contribution in [3.05, 3.63) is 46.6 Å². The van der Waals surface area contributed by atoms with Crippen LogP contribution in [-0.4, -0.2) is 12.1 Å². The van der Waals surface area contributed by atoms with E-state index in [-0.39, 0.29) is 5.78 Å². The van der Waals surface area contributed by atoms with Crippen LogP contribution >= 0.6 is 0 Å². The van der Waals surface area contributed by atoms with Gasteiger partial charge in [0.15, 0.2) is 0 Å². The van der Waals surface area contributed by atoms with E-state index in [0.717, 1.165) is 57.7 Å². The molecule has 0 rings (SSSR count). The predicted molar refractivity (Wildman–Crippen MR) is 118 cm³/mol. The van der Waals surface area contributed by atoms with Gasteiger partial charge < -0.3 is 9.59 Å². The maximum atomic E-state index is 10.9. The highest BCUT2D eigenvalue weighted by atomic mass is 16.1. The van der Waals surface area contributed by atoms with Crippen LogP contribution in [-0.2, 0) is 9.59 Å². The Labute approximate surface area is 167 Å². The standard InChI is InChI=1S/C25H40O2/c1-21(13-7-15-23(3)17-9-19-25(5)27)11-6-12-22(2)14-8-16-24(4)18-10-20-26/h12-13,16-17,20H,6-11,14-15,18-19H2,1-5H3/b21-13-,22-12-,23-17-,24-16-. The van der Waals surface area contributed by atoms with Crippen molar-refractivity contribution >= 4 is 12.1 Å². The molecule has 0 amide bonds. The van der Waals surface area contributed by atoms with Crippen molar-refractivity contribution in [3.8, 4) is 0 Å². The van der Waals surface area contributed by atoms with Crippen LogP contribution in [0.1, 0.15) is 98.8 Å². The Morgan fingerprint density at radius 2 is 0.815 bits per heavy atom. The summed E-state index contributed by atoms with van der Waals surface area (Å²) in [6, 6.07) is 0. The zero-order valence-corrected chi connectivity index (χ0v) is 18.3. The zero-order valence-electron chi connectivity index (χ0n) is 18.3. The predicted octanol–water partition coefficient (Wildman–Crippen LogP) is 7.46. The first-order valence-electron chi connectivity index (χ1n) is 10.4. The van der Waals surface area contributed by atoms with Crippen LogP contribution in [0.3, 0.4) is 0 Å². The minimum absolute atomic E-state index is 0.266. The molecule has 0 N–H and O–H groups in total. The van der Waals surface area contributed by atoms with Crippen LogP contribution in [0.5, 0.6) is 0 Å². The molecule has 0 saturated carbocycles. The lowest BCUT2D eigenvalue weighted by Gasteiger charge is -2.03. The molecule has 2 heteroatoms. The first-order chi connectivity index (χ1) is 12.8. The second-order valence-electron chi connectivity index (χ2n) is 7.76. The minimum Gasteiger partial charge on any atom is -0.303 e. The van der Waals surface area contributed by atoms with Crippen molar-refractivity contribution in [2.24, 2.45) is 0 Å². The molecule has 0 saturated heterocycles. The van der Waals surface area contributed by atoms with E-state index in [9.17, 15) is 9.59 Å². The van der Waals surface area contributed by atoms with E-state index >= 15 is 0 Å². The van der Waals surface area contributed by atoms with Crippen molar-refractivity contribution in [1.82, 2.24) is 0 Å². The Hall–Kier alpha value is -1.70. The number of carbonyl (C=O) groups excluding carboxylic acids is 2. The molecular formula is C25H40O2. The van der Waals surface area contributed by atoms with Gasteiger partial charge in [0.25, 0.3) is 0 Å². The molecular weight excluding hydrogens is 332 g/mol. The van der Waals surface area contributed by atoms with Crippen LogP contribution in [0.4, 0.5) is 0 Å². The van der Waals surface area contributed by atoms with E-state index in [1.807, 2.05) is 0 Å². The quantitative estimate of drug-likeness (QED) is 0.221. The summed E-state index contributed by atoms with van der Waals surface area (Å²) in [5.74, 6) is 0.266. The molecule has 0 aliphatic rings. The SMILES string of the molecule is CC(=O)CC/C=C(/C)CC/C=C(/C)CC/C=C(/C)CC/C=C(/C)CCC=O. The van der Waals surface area contributed by atoms with E-state index in [1.54, 1.807) is 6.92 Å². The van der Waals surface area contributed by atoms with Gasteiger partial charge in [-0.05, 0) is 86.0 Å². The number of carbonyl (C=O) groups is 2. The summed E-state index contributed by atoms with van der Waals surface area (Å²) >= 11 is 0. The summed E-state index contributed by atoms with van der Waals surface area (Å²) in [5, 5.41) is 0. The molecule has 0 bridgehead atoms. The summed E-state index contributed by atoms with van der Waals surface area (Å²) in [5.41, 5.74) is 5.61. The van der Waals surface area contributed by atoms with Crippen LogP contribution in [0.25, 0.3) is 0 Å². The number of allylic oxidation sites excluding steroid dienone is 8. The zero-order chi connectivity index (χ0) is 20.5. The van der Waals surface area contributed by atoms with Gasteiger partial charge in [0.05, 0.1) is 0 Å². The molecule has 0 aliphatic carbocycles. The Morgan fingerprint density at radius 1 is 0.519 bits per heavy atom. The fourth-order valence-electron chi connectivity index (χ4n) is 2.86. The van der Waals surface area contributed by atoms with Crippen molar-refractivity contribution in [3.63, 3.8) is 0 Å². The van der Waals surface area contributed by atoms with Gasteiger partial charge in [0.2, 0.25) is 0 Å². The van der Waals surface area contributed by atoms with E-state index in [1.165, 1.54) is 22.3 Å². The maximum Gasteiger partial charge on any atom is 0.130 e. The van der Waals surface area contributed by atoms with Gasteiger partial charge in [0, 0.05) is 12.8 Å². The van der Waals surface area contributed by atoms with E-state index in [4.69, 9.17) is 0 Å². The van der Waals surface area contributed by atoms with Crippen molar-refractivity contribution in [1.29, 1.82) is 0 Å². The number of hydrogen-bond acceptors (Lipinski definition) is 2. The van der Waals surface area contributed by atoms with Gasteiger partial charge >= 0.3 is 0 Å². The third kappa shape index (κ3) is 17.5. The Bertz CT molecular complexity index is 559. The van der Waals surface area contributed by atoms with Crippen molar-refractivity contribution in [2.75, 3.05) is 0 Å². The number of hydrogen-bond donors (Lipinski definition) is 0. The first kappa shape index (κ1) is 25.3. The average Bonchev–Trinajstić information content (AvgIpc) is 2.59. The summed E-state index contributed by atoms with van der Waals surface area (Å²) in [6.07, 6.45) is 19.8. The highest BCUT2D eigenvalue weighted by Crippen LogP contribution is 2.14. The maximum absolute atomic E-state index is 10.9. The van der Waals surface area contributed by atoms with E-state index in [0.29, 0.717) is 12.8 Å². The molecule has 0 unspecified atom stereocenters. The lowest BCUT2D eigenvalue weighted by atomic mass is 10.0. The fourth-order valence-corrected chi connectivity index (χ4v) is 2.86. The Balaban J connectivity index is 4.02. The number of aldehydes is 1. The molecule has 0 atom stereocenters. The monoisotopic (exact) mass is 372 g/mol. The second kappa shape index (κ2) is 16.5. The van der Waals surface area contributed by atoms with Gasteiger partial charge in [-0.3, -0.25) is 0 Å². The third-order valence-electron chi connectivity index (χ3n) is 4.74. The van der Waals surface area contributed by atoms with Gasteiger partial charge in [-0.15, -0.1) is 0 Å². The second-order valence-corrected chi connectivity index (χ2v) is 7.76. The van der Waals surface area contributed by atoms with Crippen LogP contribution in [0.15, 0.2) is 46.6 Å². The van der Waals surface area contributed by atoms with Gasteiger partial charge in [-0.2, -0.15) is 0 Å². The lowest BCUT2D eigenvalue weighted by molar-refractivity contribution is -0.117. The molecule has 0 heterocycles. The molecule has 152 valence electrons. The molecule has 2 nitrogen and oxygen atoms in total. The number of rotatable bonds is 15. The summed E-state index contributed by atoms with van der Waals surface area (Å²) in [4.78, 5) is 21.3. The molecule has 27 heavy (non-hydrogen) atoms. The minimum atomic E-state index is 0.266. The smallest absolute Gasteiger partial charge is 0.130 e. The Kier molecular flexibility index (Phi) is 15.4. The molecule has 0 spiro atoms. The topological polar surface area (TPSA) is 34.1 Å². The largest absolute Gasteiger partial charge is 0.303 e. The third-order valence-corrected chi connectivity index (χ3v) is 4.74. The van der Waals surface area contributed by atoms with Crippen LogP contribution < -0.4 is 0 Å². The van der Waals surface area contributed by atoms with Gasteiger partial charge in [-0.1, -0.05) is 46.6 Å². The Morgan fingerprint density at radius 3 is 1.11 bits per heavy atom. The fraction of sp³-hybridized carbons (Fsp3) is 0.600. The van der Waals surface area contributed by atoms with Crippen LogP contribution in [0, 0.1) is 0 Å². The number of ketones is 1. The highest BCUT2D eigenvalue weighted by Gasteiger charge is 1.95. The molecule has 0 aromatic carbocycles. The normalized spacial score (nSPS) is 13.8. The highest BCUT2D eigenvalue weighted by molar-refractivity contribution is 5.75. The van der Waals surface area contributed by atoms with Crippen LogP contribution in [0.2, 0.25) is 0 Å². The lowest BCUT2D eigenvalue weighted by Crippen LogP contribution is -1.87. The van der Waals surface area contributed by atoms with E-state index in [2.05, 4.69) is 52.0 Å². The number of Topliss-reactive ketones (excluding diaryl/α,β-unsaturated/α-hetero) is 1. The molecule has 0 radical (unpaired) electrons. The van der Waals surface area contributed by atoms with Gasteiger partial charge in [0.1, 0.15) is 12.1 Å². The molecule has 0 aliphatic heterocycles. The molecule has 0 aromatic heterocycles. The molecule has 0 fully saturated rings. The average molecular weight is 373 g/mol. The summed E-state index contributed by atoms with van der Waals surface area (Å²) in [7, 11) is 0. The summed E-state index contributed by atoms with van der Waals surface area (Å²) < 4.78 is 0.